The Kier molecular flexibility index (Phi) is 4.38. The number of piperidine rings is 2. The quantitative estimate of drug-likeness (QED) is 0.679. The van der Waals surface area contributed by atoms with E-state index in [0.29, 0.717) is 0 Å². The van der Waals surface area contributed by atoms with Gasteiger partial charge in [0.2, 0.25) is 0 Å². The van der Waals surface area contributed by atoms with Crippen LogP contribution < -0.4 is 0 Å². The zero-order chi connectivity index (χ0) is 13.2. The second kappa shape index (κ2) is 5.50. The molecule has 0 N–H and O–H groups in total. The molecule has 106 valence electrons. The van der Waals surface area contributed by atoms with Gasteiger partial charge in [0.15, 0.2) is 0 Å². The fourth-order valence-electron chi connectivity index (χ4n) is 4.20. The van der Waals surface area contributed by atoms with Crippen molar-refractivity contribution >= 4 is 0 Å². The fourth-order valence-corrected chi connectivity index (χ4v) is 4.20. The number of nitrogens with zero attached hydrogens (tertiary/aromatic N) is 2. The number of rotatable bonds is 3. The summed E-state index contributed by atoms with van der Waals surface area (Å²) in [6.07, 6.45) is 7.30. The molecular weight excluding hydrogens is 220 g/mol. The molecule has 0 bridgehead atoms. The van der Waals surface area contributed by atoms with Crippen molar-refractivity contribution in [3.05, 3.63) is 0 Å². The van der Waals surface area contributed by atoms with Gasteiger partial charge in [-0.2, -0.15) is 0 Å². The molecule has 0 aromatic carbocycles. The lowest BCUT2D eigenvalue weighted by Gasteiger charge is -2.45. The Hall–Kier alpha value is -0.0800. The van der Waals surface area contributed by atoms with Crippen LogP contribution in [0.3, 0.4) is 0 Å². The summed E-state index contributed by atoms with van der Waals surface area (Å²) in [5.74, 6) is 2.10. The van der Waals surface area contributed by atoms with Crippen molar-refractivity contribution in [1.82, 2.24) is 0 Å². The van der Waals surface area contributed by atoms with Crippen LogP contribution in [0.5, 0.6) is 0 Å². The minimum Gasteiger partial charge on any atom is -0.328 e. The summed E-state index contributed by atoms with van der Waals surface area (Å²) in [5.41, 5.74) is 0. The Morgan fingerprint density at radius 2 is 1.22 bits per heavy atom. The second-order valence-electron chi connectivity index (χ2n) is 7.85. The second-order valence-corrected chi connectivity index (χ2v) is 7.85. The third-order valence-electron chi connectivity index (χ3n) is 5.72. The molecular formula is C16H34N2+2. The highest BCUT2D eigenvalue weighted by molar-refractivity contribution is 4.75. The molecule has 0 radical (unpaired) electrons. The normalized spacial score (nSPS) is 37.7. The maximum atomic E-state index is 2.47. The minimum absolute atomic E-state index is 1.05. The van der Waals surface area contributed by atoms with E-state index in [-0.39, 0.29) is 0 Å². The predicted molar refractivity (Wildman–Crippen MR) is 78.4 cm³/mol. The van der Waals surface area contributed by atoms with E-state index in [0.717, 1.165) is 11.8 Å². The topological polar surface area (TPSA) is 0 Å². The Labute approximate surface area is 114 Å². The first-order valence-corrected chi connectivity index (χ1v) is 8.10. The van der Waals surface area contributed by atoms with Gasteiger partial charge < -0.3 is 8.97 Å². The molecule has 2 heterocycles. The predicted octanol–water partition coefficient (Wildman–Crippen LogP) is 2.74. The average molecular weight is 254 g/mol. The third kappa shape index (κ3) is 3.48. The molecule has 2 aliphatic heterocycles. The first-order chi connectivity index (χ1) is 8.44. The van der Waals surface area contributed by atoms with Gasteiger partial charge in [-0.25, -0.2) is 0 Å². The molecule has 18 heavy (non-hydrogen) atoms. The van der Waals surface area contributed by atoms with Crippen LogP contribution in [-0.2, 0) is 0 Å². The molecule has 0 aliphatic carbocycles. The van der Waals surface area contributed by atoms with Crippen molar-refractivity contribution in [2.75, 3.05) is 53.9 Å². The molecule has 2 nitrogen and oxygen atoms in total. The highest BCUT2D eigenvalue weighted by Crippen LogP contribution is 2.35. The summed E-state index contributed by atoms with van der Waals surface area (Å²) < 4.78 is 2.61. The van der Waals surface area contributed by atoms with E-state index in [1.807, 2.05) is 0 Å². The van der Waals surface area contributed by atoms with E-state index >= 15 is 0 Å². The molecule has 2 rings (SSSR count). The lowest BCUT2D eigenvalue weighted by Crippen LogP contribution is -2.52. The van der Waals surface area contributed by atoms with Crippen LogP contribution in [-0.4, -0.2) is 62.8 Å². The van der Waals surface area contributed by atoms with Crippen LogP contribution >= 0.6 is 0 Å². The van der Waals surface area contributed by atoms with E-state index < -0.39 is 0 Å². The van der Waals surface area contributed by atoms with Crippen molar-refractivity contribution in [3.8, 4) is 0 Å². The van der Waals surface area contributed by atoms with E-state index in [1.54, 1.807) is 0 Å². The van der Waals surface area contributed by atoms with E-state index in [9.17, 15) is 0 Å². The summed E-state index contributed by atoms with van der Waals surface area (Å²) in [4.78, 5) is 0. The highest BCUT2D eigenvalue weighted by Gasteiger charge is 2.36. The zero-order valence-corrected chi connectivity index (χ0v) is 13.1. The first kappa shape index (κ1) is 14.3. The Bertz CT molecular complexity index is 254. The van der Waals surface area contributed by atoms with Crippen LogP contribution in [0, 0.1) is 11.8 Å². The maximum absolute atomic E-state index is 2.47. The molecule has 2 fully saturated rings. The molecule has 0 spiro atoms. The van der Waals surface area contributed by atoms with Gasteiger partial charge in [-0.3, -0.25) is 0 Å². The SMILES string of the molecule is CCC[N+]1(C)CCC(C2CC[N+](C)(C)CC2)CC1. The summed E-state index contributed by atoms with van der Waals surface area (Å²) in [7, 11) is 7.26. The molecule has 0 amide bonds. The number of hydrogen-bond donors (Lipinski definition) is 0. The molecule has 2 aliphatic rings. The molecule has 2 heteroatoms. The van der Waals surface area contributed by atoms with Gasteiger partial charge in [-0.15, -0.1) is 0 Å². The zero-order valence-electron chi connectivity index (χ0n) is 13.1. The average Bonchev–Trinajstić information content (AvgIpc) is 2.31. The van der Waals surface area contributed by atoms with Crippen LogP contribution in [0.4, 0.5) is 0 Å². The standard InChI is InChI=1S/C16H34N2/c1-5-10-18(4)13-8-16(9-14-18)15-6-11-17(2,3)12-7-15/h15-16H,5-14H2,1-4H3/q+2. The molecule has 0 unspecified atom stereocenters. The Morgan fingerprint density at radius 3 is 1.67 bits per heavy atom. The van der Waals surface area contributed by atoms with Gasteiger partial charge in [0.05, 0.1) is 53.9 Å². The lowest BCUT2D eigenvalue weighted by atomic mass is 9.78. The van der Waals surface area contributed by atoms with Gasteiger partial charge in [-0.05, 0) is 43.9 Å². The van der Waals surface area contributed by atoms with Crippen LogP contribution in [0.2, 0.25) is 0 Å². The largest absolute Gasteiger partial charge is 0.328 e. The fraction of sp³-hybridized carbons (Fsp3) is 1.00. The van der Waals surface area contributed by atoms with Crippen LogP contribution in [0.1, 0.15) is 39.0 Å². The Balaban J connectivity index is 1.80. The molecule has 0 aromatic rings. The first-order valence-electron chi connectivity index (χ1n) is 8.10. The number of hydrogen-bond acceptors (Lipinski definition) is 0. The van der Waals surface area contributed by atoms with Crippen LogP contribution in [0.25, 0.3) is 0 Å². The van der Waals surface area contributed by atoms with Gasteiger partial charge in [0.25, 0.3) is 0 Å². The number of quaternary nitrogens is 2. The Morgan fingerprint density at radius 1 is 0.778 bits per heavy atom. The van der Waals surface area contributed by atoms with Crippen molar-refractivity contribution < 1.29 is 8.97 Å². The lowest BCUT2D eigenvalue weighted by molar-refractivity contribution is -0.916. The monoisotopic (exact) mass is 254 g/mol. The van der Waals surface area contributed by atoms with Crippen molar-refractivity contribution in [2.45, 2.75) is 39.0 Å². The summed E-state index contributed by atoms with van der Waals surface area (Å²) in [6.45, 7) is 9.41. The highest BCUT2D eigenvalue weighted by atomic mass is 15.3. The molecule has 0 atom stereocenters. The smallest absolute Gasteiger partial charge is 0.0787 e. The third-order valence-corrected chi connectivity index (χ3v) is 5.72. The summed E-state index contributed by atoms with van der Waals surface area (Å²) in [6, 6.07) is 0. The summed E-state index contributed by atoms with van der Waals surface area (Å²) >= 11 is 0. The summed E-state index contributed by atoms with van der Waals surface area (Å²) in [5, 5.41) is 0. The van der Waals surface area contributed by atoms with Gasteiger partial charge in [0, 0.05) is 0 Å². The van der Waals surface area contributed by atoms with Gasteiger partial charge in [0.1, 0.15) is 0 Å². The molecule has 2 saturated heterocycles. The van der Waals surface area contributed by atoms with Crippen molar-refractivity contribution in [3.63, 3.8) is 0 Å². The van der Waals surface area contributed by atoms with Crippen LogP contribution in [0.15, 0.2) is 0 Å². The van der Waals surface area contributed by atoms with Gasteiger partial charge in [-0.1, -0.05) is 6.92 Å². The van der Waals surface area contributed by atoms with Crippen molar-refractivity contribution in [1.29, 1.82) is 0 Å². The molecule has 0 aromatic heterocycles. The van der Waals surface area contributed by atoms with E-state index in [2.05, 4.69) is 28.1 Å². The van der Waals surface area contributed by atoms with Crippen molar-refractivity contribution in [2.24, 2.45) is 11.8 Å². The van der Waals surface area contributed by atoms with E-state index in [1.165, 1.54) is 73.8 Å². The maximum Gasteiger partial charge on any atom is 0.0787 e. The molecule has 0 saturated carbocycles. The number of likely N-dealkylation sites (tertiary alicyclic amines) is 2. The van der Waals surface area contributed by atoms with E-state index in [4.69, 9.17) is 0 Å². The van der Waals surface area contributed by atoms with Gasteiger partial charge >= 0.3 is 0 Å². The minimum atomic E-state index is 1.05.